The largest absolute Gasteiger partial charge is 0.478 e. The van der Waals surface area contributed by atoms with Crippen LogP contribution in [-0.2, 0) is 6.42 Å². The van der Waals surface area contributed by atoms with Gasteiger partial charge in [0.25, 0.3) is 0 Å². The van der Waals surface area contributed by atoms with E-state index in [0.717, 1.165) is 17.1 Å². The molecular formula is C13H14N2O3S. The van der Waals surface area contributed by atoms with Crippen molar-refractivity contribution in [1.82, 2.24) is 4.37 Å². The fourth-order valence-corrected chi connectivity index (χ4v) is 2.61. The number of aromatic nitrogens is 1. The average molecular weight is 278 g/mol. The first-order valence-electron chi connectivity index (χ1n) is 5.75. The molecule has 0 aliphatic carbocycles. The molecule has 0 bridgehead atoms. The third-order valence-corrected chi connectivity index (χ3v) is 3.69. The zero-order valence-corrected chi connectivity index (χ0v) is 10.9. The minimum absolute atomic E-state index is 0.0148. The first-order chi connectivity index (χ1) is 9.09. The first-order valence-corrected chi connectivity index (χ1v) is 6.52. The van der Waals surface area contributed by atoms with Crippen LogP contribution in [0.5, 0.6) is 0 Å². The van der Waals surface area contributed by atoms with E-state index in [0.29, 0.717) is 11.3 Å². The minimum Gasteiger partial charge on any atom is -0.478 e. The minimum atomic E-state index is -1.10. The van der Waals surface area contributed by atoms with Gasteiger partial charge in [0.05, 0.1) is 16.6 Å². The van der Waals surface area contributed by atoms with Crippen LogP contribution in [-0.4, -0.2) is 26.6 Å². The van der Waals surface area contributed by atoms with Crippen molar-refractivity contribution < 1.29 is 15.0 Å². The van der Waals surface area contributed by atoms with E-state index in [-0.39, 0.29) is 5.56 Å². The number of hydrogen-bond donors (Lipinski definition) is 3. The van der Waals surface area contributed by atoms with Crippen LogP contribution in [0, 0.1) is 0 Å². The van der Waals surface area contributed by atoms with Crippen LogP contribution in [0.2, 0.25) is 0 Å². The lowest BCUT2D eigenvalue weighted by Gasteiger charge is -2.18. The lowest BCUT2D eigenvalue weighted by Crippen LogP contribution is -2.31. The number of aliphatic hydroxyl groups excluding tert-OH is 1. The van der Waals surface area contributed by atoms with E-state index in [1.54, 1.807) is 0 Å². The van der Waals surface area contributed by atoms with Crippen LogP contribution < -0.4 is 5.73 Å². The Morgan fingerprint density at radius 1 is 1.37 bits per heavy atom. The van der Waals surface area contributed by atoms with Crippen molar-refractivity contribution in [3.05, 3.63) is 52.5 Å². The summed E-state index contributed by atoms with van der Waals surface area (Å²) < 4.78 is 3.80. The van der Waals surface area contributed by atoms with Gasteiger partial charge in [0.1, 0.15) is 6.10 Å². The molecule has 2 unspecified atom stereocenters. The maximum Gasteiger partial charge on any atom is 0.338 e. The molecular weight excluding hydrogens is 264 g/mol. The molecule has 0 aliphatic heterocycles. The Balaban J connectivity index is 2.13. The molecule has 0 fully saturated rings. The van der Waals surface area contributed by atoms with E-state index in [9.17, 15) is 9.90 Å². The van der Waals surface area contributed by atoms with Crippen LogP contribution in [0.1, 0.15) is 26.9 Å². The number of carbonyl (C=O) groups is 1. The number of rotatable bonds is 5. The van der Waals surface area contributed by atoms with Gasteiger partial charge < -0.3 is 15.9 Å². The molecule has 2 rings (SSSR count). The van der Waals surface area contributed by atoms with Crippen LogP contribution >= 0.6 is 11.5 Å². The summed E-state index contributed by atoms with van der Waals surface area (Å²) in [4.78, 5) is 11.3. The highest BCUT2D eigenvalue weighted by atomic mass is 32.1. The van der Waals surface area contributed by atoms with E-state index in [1.807, 2.05) is 30.3 Å². The molecule has 0 amide bonds. The molecule has 0 spiro atoms. The topological polar surface area (TPSA) is 96.4 Å². The van der Waals surface area contributed by atoms with Crippen molar-refractivity contribution in [2.45, 2.75) is 18.6 Å². The Hall–Kier alpha value is -1.76. The Kier molecular flexibility index (Phi) is 4.26. The van der Waals surface area contributed by atoms with Gasteiger partial charge in [-0.1, -0.05) is 30.3 Å². The Bertz CT molecular complexity index is 556. The van der Waals surface area contributed by atoms with Gasteiger partial charge in [-0.2, -0.15) is 4.37 Å². The zero-order chi connectivity index (χ0) is 13.8. The highest BCUT2D eigenvalue weighted by Crippen LogP contribution is 2.25. The number of aromatic carboxylic acids is 1. The molecule has 100 valence electrons. The predicted octanol–water partition coefficient (Wildman–Crippen LogP) is 1.44. The molecule has 0 aliphatic rings. The van der Waals surface area contributed by atoms with Crippen molar-refractivity contribution in [2.75, 3.05) is 0 Å². The van der Waals surface area contributed by atoms with Gasteiger partial charge in [0.15, 0.2) is 0 Å². The molecule has 6 heteroatoms. The van der Waals surface area contributed by atoms with Gasteiger partial charge in [-0.05, 0) is 23.5 Å². The van der Waals surface area contributed by atoms with Crippen LogP contribution in [0.25, 0.3) is 0 Å². The monoisotopic (exact) mass is 278 g/mol. The SMILES string of the molecule is NC(Cc1ccccc1)C(O)c1sncc1C(=O)O. The Morgan fingerprint density at radius 3 is 2.68 bits per heavy atom. The van der Waals surface area contributed by atoms with Gasteiger partial charge in [-0.25, -0.2) is 4.79 Å². The standard InChI is InChI=1S/C13H14N2O3S/c14-10(6-8-4-2-1-3-5-8)11(16)12-9(13(17)18)7-15-19-12/h1-5,7,10-11,16H,6,14H2,(H,17,18). The number of carboxylic acids is 1. The van der Waals surface area contributed by atoms with Crippen molar-refractivity contribution in [1.29, 1.82) is 0 Å². The maximum absolute atomic E-state index is 11.0. The summed E-state index contributed by atoms with van der Waals surface area (Å²) in [5.74, 6) is -1.10. The van der Waals surface area contributed by atoms with Crippen molar-refractivity contribution in [2.24, 2.45) is 5.73 Å². The van der Waals surface area contributed by atoms with E-state index in [2.05, 4.69) is 4.37 Å². The van der Waals surface area contributed by atoms with Crippen LogP contribution in [0.15, 0.2) is 36.5 Å². The molecule has 19 heavy (non-hydrogen) atoms. The molecule has 0 saturated carbocycles. The Labute approximate surface area is 114 Å². The van der Waals surface area contributed by atoms with Gasteiger partial charge in [0, 0.05) is 6.04 Å². The fraction of sp³-hybridized carbons (Fsp3) is 0.231. The lowest BCUT2D eigenvalue weighted by molar-refractivity contribution is 0.0688. The molecule has 0 saturated heterocycles. The molecule has 0 radical (unpaired) electrons. The summed E-state index contributed by atoms with van der Waals surface area (Å²) in [6.45, 7) is 0. The lowest BCUT2D eigenvalue weighted by atomic mass is 10.00. The van der Waals surface area contributed by atoms with E-state index in [1.165, 1.54) is 6.20 Å². The highest BCUT2D eigenvalue weighted by molar-refractivity contribution is 7.06. The third-order valence-electron chi connectivity index (χ3n) is 2.82. The second kappa shape index (κ2) is 5.92. The third kappa shape index (κ3) is 3.17. The Morgan fingerprint density at radius 2 is 2.05 bits per heavy atom. The number of aliphatic hydroxyl groups is 1. The van der Waals surface area contributed by atoms with Crippen LogP contribution in [0.3, 0.4) is 0 Å². The maximum atomic E-state index is 11.0. The molecule has 2 aromatic rings. The van der Waals surface area contributed by atoms with Gasteiger partial charge in [-0.3, -0.25) is 0 Å². The number of nitrogens with two attached hydrogens (primary N) is 1. The molecule has 1 aromatic heterocycles. The summed E-state index contributed by atoms with van der Waals surface area (Å²) in [5.41, 5.74) is 6.96. The van der Waals surface area contributed by atoms with Crippen molar-refractivity contribution in [3.63, 3.8) is 0 Å². The zero-order valence-electron chi connectivity index (χ0n) is 10.1. The second-order valence-corrected chi connectivity index (χ2v) is 5.04. The normalized spacial score (nSPS) is 14.0. The van der Waals surface area contributed by atoms with Gasteiger partial charge in [-0.15, -0.1) is 0 Å². The van der Waals surface area contributed by atoms with E-state index >= 15 is 0 Å². The molecule has 1 aromatic carbocycles. The number of carboxylic acid groups (broad SMARTS) is 1. The van der Waals surface area contributed by atoms with Crippen molar-refractivity contribution in [3.8, 4) is 0 Å². The molecule has 2 atom stereocenters. The second-order valence-electron chi connectivity index (χ2n) is 4.21. The quantitative estimate of drug-likeness (QED) is 0.769. The smallest absolute Gasteiger partial charge is 0.338 e. The highest BCUT2D eigenvalue weighted by Gasteiger charge is 2.25. The van der Waals surface area contributed by atoms with Gasteiger partial charge in [0.2, 0.25) is 0 Å². The molecule has 5 nitrogen and oxygen atoms in total. The molecule has 4 N–H and O–H groups in total. The summed E-state index contributed by atoms with van der Waals surface area (Å²) >= 11 is 0.964. The summed E-state index contributed by atoms with van der Waals surface area (Å²) in [6, 6.07) is 8.94. The number of benzene rings is 1. The summed E-state index contributed by atoms with van der Waals surface area (Å²) in [7, 11) is 0. The predicted molar refractivity (Wildman–Crippen MR) is 72.2 cm³/mol. The van der Waals surface area contributed by atoms with E-state index in [4.69, 9.17) is 10.8 Å². The average Bonchev–Trinajstić information content (AvgIpc) is 2.88. The molecule has 1 heterocycles. The number of hydrogen-bond acceptors (Lipinski definition) is 5. The first kappa shape index (κ1) is 13.7. The summed E-state index contributed by atoms with van der Waals surface area (Å²) in [6.07, 6.45) is 0.679. The fourth-order valence-electron chi connectivity index (χ4n) is 1.81. The van der Waals surface area contributed by atoms with Crippen molar-refractivity contribution >= 4 is 17.5 Å². The van der Waals surface area contributed by atoms with Gasteiger partial charge >= 0.3 is 5.97 Å². The van der Waals surface area contributed by atoms with Crippen LogP contribution in [0.4, 0.5) is 0 Å². The van der Waals surface area contributed by atoms with E-state index < -0.39 is 18.1 Å². The number of nitrogens with zero attached hydrogens (tertiary/aromatic N) is 1. The summed E-state index contributed by atoms with van der Waals surface area (Å²) in [5, 5.41) is 19.1.